The Morgan fingerprint density at radius 1 is 1.17 bits per heavy atom. The van der Waals surface area contributed by atoms with Crippen molar-refractivity contribution in [2.45, 2.75) is 6.92 Å². The zero-order valence-electron chi connectivity index (χ0n) is 16.6. The van der Waals surface area contributed by atoms with Gasteiger partial charge in [0.2, 0.25) is 0 Å². The first kappa shape index (κ1) is 20.4. The predicted octanol–water partition coefficient (Wildman–Crippen LogP) is 3.80. The summed E-state index contributed by atoms with van der Waals surface area (Å²) in [5, 5.41) is 7.70. The standard InChI is InChI=1S/C21H21ClN4O3/c1-13-17(12-23-26(13)16-7-5-6-15(22)11-16)20(27)24-18-10-14(21(28)25(2)3)8-9-19(18)29-4/h5-12H,1-4H3,(H,24,27). The minimum atomic E-state index is -0.358. The molecule has 1 heterocycles. The van der Waals surface area contributed by atoms with Crippen molar-refractivity contribution in [3.63, 3.8) is 0 Å². The average Bonchev–Trinajstić information content (AvgIpc) is 3.08. The molecular weight excluding hydrogens is 392 g/mol. The van der Waals surface area contributed by atoms with Crippen molar-refractivity contribution in [2.75, 3.05) is 26.5 Å². The number of hydrogen-bond donors (Lipinski definition) is 1. The largest absolute Gasteiger partial charge is 0.495 e. The molecule has 1 aromatic heterocycles. The first-order valence-electron chi connectivity index (χ1n) is 8.83. The van der Waals surface area contributed by atoms with Crippen molar-refractivity contribution in [1.29, 1.82) is 0 Å². The van der Waals surface area contributed by atoms with E-state index in [2.05, 4.69) is 10.4 Å². The summed E-state index contributed by atoms with van der Waals surface area (Å²) in [5.41, 5.74) is 2.66. The van der Waals surface area contributed by atoms with Crippen LogP contribution in [0.5, 0.6) is 5.75 Å². The zero-order chi connectivity index (χ0) is 21.1. The van der Waals surface area contributed by atoms with E-state index in [4.69, 9.17) is 16.3 Å². The van der Waals surface area contributed by atoms with E-state index in [-0.39, 0.29) is 11.8 Å². The van der Waals surface area contributed by atoms with Crippen LogP contribution >= 0.6 is 11.6 Å². The topological polar surface area (TPSA) is 76.5 Å². The molecule has 2 amide bonds. The molecule has 3 aromatic rings. The normalized spacial score (nSPS) is 10.5. The molecule has 8 heteroatoms. The molecule has 0 radical (unpaired) electrons. The smallest absolute Gasteiger partial charge is 0.259 e. The molecule has 0 unspecified atom stereocenters. The highest BCUT2D eigenvalue weighted by Crippen LogP contribution is 2.27. The van der Waals surface area contributed by atoms with Crippen molar-refractivity contribution in [2.24, 2.45) is 0 Å². The molecule has 0 saturated carbocycles. The maximum Gasteiger partial charge on any atom is 0.259 e. The molecule has 150 valence electrons. The van der Waals surface area contributed by atoms with Crippen LogP contribution in [0.3, 0.4) is 0 Å². The molecule has 29 heavy (non-hydrogen) atoms. The van der Waals surface area contributed by atoms with Gasteiger partial charge in [0.15, 0.2) is 0 Å². The van der Waals surface area contributed by atoms with Crippen LogP contribution in [0.4, 0.5) is 5.69 Å². The molecule has 0 aliphatic carbocycles. The van der Waals surface area contributed by atoms with Crippen LogP contribution < -0.4 is 10.1 Å². The van der Waals surface area contributed by atoms with Gasteiger partial charge >= 0.3 is 0 Å². The molecule has 0 saturated heterocycles. The highest BCUT2D eigenvalue weighted by Gasteiger charge is 2.18. The second-order valence-electron chi connectivity index (χ2n) is 6.60. The van der Waals surface area contributed by atoms with Crippen molar-refractivity contribution in [3.8, 4) is 11.4 Å². The molecular formula is C21H21ClN4O3. The molecule has 1 N–H and O–H groups in total. The minimum absolute atomic E-state index is 0.173. The Morgan fingerprint density at radius 2 is 1.93 bits per heavy atom. The number of carbonyl (C=O) groups excluding carboxylic acids is 2. The summed E-state index contributed by atoms with van der Waals surface area (Å²) in [6.07, 6.45) is 1.49. The minimum Gasteiger partial charge on any atom is -0.495 e. The molecule has 0 spiro atoms. The highest BCUT2D eigenvalue weighted by atomic mass is 35.5. The Morgan fingerprint density at radius 3 is 2.59 bits per heavy atom. The second-order valence-corrected chi connectivity index (χ2v) is 7.04. The number of nitrogens with zero attached hydrogens (tertiary/aromatic N) is 3. The van der Waals surface area contributed by atoms with E-state index >= 15 is 0 Å². The number of aromatic nitrogens is 2. The summed E-state index contributed by atoms with van der Waals surface area (Å²) < 4.78 is 6.96. The second kappa shape index (κ2) is 8.36. The Kier molecular flexibility index (Phi) is 5.89. The molecule has 7 nitrogen and oxygen atoms in total. The lowest BCUT2D eigenvalue weighted by atomic mass is 10.1. The van der Waals surface area contributed by atoms with Gasteiger partial charge in [-0.25, -0.2) is 4.68 Å². The lowest BCUT2D eigenvalue weighted by molar-refractivity contribution is 0.0827. The van der Waals surface area contributed by atoms with Gasteiger partial charge in [-0.15, -0.1) is 0 Å². The van der Waals surface area contributed by atoms with Gasteiger partial charge in [-0.05, 0) is 43.3 Å². The number of halogens is 1. The lowest BCUT2D eigenvalue weighted by Gasteiger charge is -2.14. The van der Waals surface area contributed by atoms with Crippen LogP contribution in [0, 0.1) is 6.92 Å². The van der Waals surface area contributed by atoms with Gasteiger partial charge in [0.05, 0.1) is 35.9 Å². The number of benzene rings is 2. The molecule has 0 aliphatic rings. The third-order valence-corrected chi connectivity index (χ3v) is 4.64. The number of anilines is 1. The summed E-state index contributed by atoms with van der Waals surface area (Å²) in [4.78, 5) is 26.6. The number of amides is 2. The van der Waals surface area contributed by atoms with Gasteiger partial charge in [0.25, 0.3) is 11.8 Å². The Hall–Kier alpha value is -3.32. The van der Waals surface area contributed by atoms with Gasteiger partial charge in [-0.1, -0.05) is 17.7 Å². The fourth-order valence-electron chi connectivity index (χ4n) is 2.89. The summed E-state index contributed by atoms with van der Waals surface area (Å²) in [7, 11) is 4.83. The van der Waals surface area contributed by atoms with E-state index in [1.54, 1.807) is 56.0 Å². The van der Waals surface area contributed by atoms with Crippen LogP contribution in [0.25, 0.3) is 5.69 Å². The van der Waals surface area contributed by atoms with Gasteiger partial charge in [-0.3, -0.25) is 9.59 Å². The third kappa shape index (κ3) is 4.25. The quantitative estimate of drug-likeness (QED) is 0.691. The van der Waals surface area contributed by atoms with E-state index in [1.807, 2.05) is 12.1 Å². The predicted molar refractivity (Wildman–Crippen MR) is 112 cm³/mol. The van der Waals surface area contributed by atoms with Gasteiger partial charge in [-0.2, -0.15) is 5.10 Å². The van der Waals surface area contributed by atoms with E-state index in [0.717, 1.165) is 5.69 Å². The monoisotopic (exact) mass is 412 g/mol. The SMILES string of the molecule is COc1ccc(C(=O)N(C)C)cc1NC(=O)c1cnn(-c2cccc(Cl)c2)c1C. The molecule has 0 atom stereocenters. The van der Waals surface area contributed by atoms with E-state index in [0.29, 0.717) is 33.3 Å². The number of carbonyl (C=O) groups is 2. The summed E-state index contributed by atoms with van der Waals surface area (Å²) >= 11 is 6.05. The van der Waals surface area contributed by atoms with Crippen LogP contribution in [0.15, 0.2) is 48.7 Å². The van der Waals surface area contributed by atoms with Crippen LogP contribution in [-0.2, 0) is 0 Å². The first-order valence-corrected chi connectivity index (χ1v) is 9.21. The van der Waals surface area contributed by atoms with Gasteiger partial charge in [0, 0.05) is 24.7 Å². The number of ether oxygens (including phenoxy) is 1. The number of rotatable bonds is 5. The summed E-state index contributed by atoms with van der Waals surface area (Å²) in [5.74, 6) is -0.0785. The maximum absolute atomic E-state index is 12.9. The first-order chi connectivity index (χ1) is 13.8. The van der Waals surface area contributed by atoms with Crippen molar-refractivity contribution < 1.29 is 14.3 Å². The van der Waals surface area contributed by atoms with Crippen LogP contribution in [-0.4, -0.2) is 47.7 Å². The fourth-order valence-corrected chi connectivity index (χ4v) is 3.07. The molecule has 0 aliphatic heterocycles. The summed E-state index contributed by atoms with van der Waals surface area (Å²) in [6, 6.07) is 12.1. The number of hydrogen-bond acceptors (Lipinski definition) is 4. The summed E-state index contributed by atoms with van der Waals surface area (Å²) in [6.45, 7) is 1.80. The highest BCUT2D eigenvalue weighted by molar-refractivity contribution is 6.30. The molecule has 0 bridgehead atoms. The third-order valence-electron chi connectivity index (χ3n) is 4.41. The van der Waals surface area contributed by atoms with E-state index in [1.165, 1.54) is 18.2 Å². The average molecular weight is 413 g/mol. The number of methoxy groups -OCH3 is 1. The Bertz CT molecular complexity index is 1080. The Labute approximate surface area is 173 Å². The fraction of sp³-hybridized carbons (Fsp3) is 0.190. The zero-order valence-corrected chi connectivity index (χ0v) is 17.3. The van der Waals surface area contributed by atoms with Crippen molar-refractivity contribution >= 4 is 29.1 Å². The van der Waals surface area contributed by atoms with Gasteiger partial charge < -0.3 is 15.0 Å². The maximum atomic E-state index is 12.9. The van der Waals surface area contributed by atoms with Crippen molar-refractivity contribution in [3.05, 3.63) is 70.5 Å². The molecule has 2 aromatic carbocycles. The van der Waals surface area contributed by atoms with E-state index < -0.39 is 0 Å². The molecule has 0 fully saturated rings. The van der Waals surface area contributed by atoms with Gasteiger partial charge in [0.1, 0.15) is 5.75 Å². The number of nitrogens with one attached hydrogen (secondary N) is 1. The van der Waals surface area contributed by atoms with E-state index in [9.17, 15) is 9.59 Å². The molecule has 3 rings (SSSR count). The lowest BCUT2D eigenvalue weighted by Crippen LogP contribution is -2.22. The van der Waals surface area contributed by atoms with Crippen molar-refractivity contribution in [1.82, 2.24) is 14.7 Å². The Balaban J connectivity index is 1.91. The van der Waals surface area contributed by atoms with Crippen LogP contribution in [0.1, 0.15) is 26.4 Å². The van der Waals surface area contributed by atoms with Crippen LogP contribution in [0.2, 0.25) is 5.02 Å².